The van der Waals surface area contributed by atoms with Crippen LogP contribution in [0.15, 0.2) is 0 Å². The number of hydrogen-bond donors (Lipinski definition) is 3. The molecular weight excluding hydrogens is 882 g/mol. The second-order valence-electron chi connectivity index (χ2n) is 21.0. The summed E-state index contributed by atoms with van der Waals surface area (Å²) in [7, 11) is -4.42. The molecule has 3 N–H and O–H groups in total. The Balaban J connectivity index is 3.45. The van der Waals surface area contributed by atoms with E-state index in [1.165, 1.54) is 270 Å². The Morgan fingerprint density at radius 3 is 0.942 bits per heavy atom. The zero-order valence-corrected chi connectivity index (χ0v) is 46.9. The molecule has 9 nitrogen and oxygen atoms in total. The van der Waals surface area contributed by atoms with Crippen molar-refractivity contribution in [3.63, 3.8) is 0 Å². The summed E-state index contributed by atoms with van der Waals surface area (Å²) in [4.78, 5) is 34.2. The van der Waals surface area contributed by atoms with E-state index in [1.807, 2.05) is 0 Å². The number of esters is 1. The van der Waals surface area contributed by atoms with E-state index < -0.39 is 26.5 Å². The first-order valence-corrected chi connectivity index (χ1v) is 32.0. The maximum absolute atomic E-state index is 12.2. The smallest absolute Gasteiger partial charge is 0.463 e. The molecule has 69 heavy (non-hydrogen) atoms. The number of aliphatic hydroxyl groups excluding tert-OH is 1. The number of ether oxygens (including phenoxy) is 1. The largest absolute Gasteiger partial charge is 0.472 e. The van der Waals surface area contributed by atoms with E-state index in [0.29, 0.717) is 12.8 Å². The molecule has 0 radical (unpaired) electrons. The Labute approximate surface area is 428 Å². The van der Waals surface area contributed by atoms with Crippen LogP contribution in [0.4, 0.5) is 0 Å². The van der Waals surface area contributed by atoms with Gasteiger partial charge in [-0.25, -0.2) is 4.57 Å². The van der Waals surface area contributed by atoms with Gasteiger partial charge >= 0.3 is 13.8 Å². The number of amides is 1. The van der Waals surface area contributed by atoms with Crippen LogP contribution in [0.2, 0.25) is 0 Å². The molecule has 0 aliphatic carbocycles. The summed E-state index contributed by atoms with van der Waals surface area (Å²) in [6, 6.07) is 0. The van der Waals surface area contributed by atoms with Gasteiger partial charge in [-0.15, -0.1) is 0 Å². The molecule has 0 spiro atoms. The SMILES string of the molecule is CCCCCCCCCCCCCCCCCCCCCCCCCCC(=O)NCCOP(=O)(O)OCC(O)COC(=O)CCCCCCCCCCCCCCCCCCCCCCCCCC. The lowest BCUT2D eigenvalue weighted by Crippen LogP contribution is -2.27. The van der Waals surface area contributed by atoms with Crippen molar-refractivity contribution in [2.45, 2.75) is 341 Å². The molecule has 0 aliphatic rings. The lowest BCUT2D eigenvalue weighted by Gasteiger charge is -2.15. The fourth-order valence-corrected chi connectivity index (χ4v) is 10.2. The number of carbonyl (C=O) groups is 2. The monoisotopic (exact) mass is 1000 g/mol. The summed E-state index contributed by atoms with van der Waals surface area (Å²) in [6.07, 6.45) is 63.6. The van der Waals surface area contributed by atoms with Gasteiger partial charge in [0.15, 0.2) is 0 Å². The number of phosphoric ester groups is 1. The average Bonchev–Trinajstić information content (AvgIpc) is 3.34. The average molecular weight is 1000 g/mol. The molecule has 0 rings (SSSR count). The molecular formula is C59H118NO8P. The summed E-state index contributed by atoms with van der Waals surface area (Å²) in [5.74, 6) is -0.493. The molecule has 2 atom stereocenters. The molecule has 0 aromatic rings. The molecule has 0 saturated heterocycles. The van der Waals surface area contributed by atoms with Gasteiger partial charge in [0.2, 0.25) is 5.91 Å². The van der Waals surface area contributed by atoms with Crippen LogP contribution < -0.4 is 5.32 Å². The third-order valence-corrected chi connectivity index (χ3v) is 15.0. The van der Waals surface area contributed by atoms with Gasteiger partial charge in [-0.1, -0.05) is 309 Å². The molecule has 0 fully saturated rings. The van der Waals surface area contributed by atoms with Gasteiger partial charge in [-0.05, 0) is 12.8 Å². The third kappa shape index (κ3) is 57.8. The topological polar surface area (TPSA) is 131 Å². The predicted molar refractivity (Wildman–Crippen MR) is 294 cm³/mol. The highest BCUT2D eigenvalue weighted by molar-refractivity contribution is 7.47. The highest BCUT2D eigenvalue weighted by atomic mass is 31.2. The minimum absolute atomic E-state index is 0.0892. The molecule has 1 amide bonds. The third-order valence-electron chi connectivity index (χ3n) is 14.0. The standard InChI is InChI=1S/C59H118NO8P/c1-3-5-7-9-11-13-15-17-19-21-23-25-27-29-31-33-35-37-39-41-43-45-47-49-51-58(62)60-53-54-67-69(64,65)68-56-57(61)55-66-59(63)52-50-48-46-44-42-40-38-36-34-32-30-28-26-24-22-20-18-16-14-12-10-8-6-4-2/h57,61H,3-56H2,1-2H3,(H,60,62)(H,64,65). The first-order valence-electron chi connectivity index (χ1n) is 30.5. The molecule has 2 unspecified atom stereocenters. The Bertz CT molecular complexity index is 1090. The van der Waals surface area contributed by atoms with Crippen LogP contribution in [-0.4, -0.2) is 54.3 Å². The van der Waals surface area contributed by atoms with Crippen molar-refractivity contribution in [1.82, 2.24) is 5.32 Å². The van der Waals surface area contributed by atoms with E-state index in [2.05, 4.69) is 19.2 Å². The van der Waals surface area contributed by atoms with Crippen LogP contribution in [0.5, 0.6) is 0 Å². The lowest BCUT2D eigenvalue weighted by molar-refractivity contribution is -0.147. The minimum atomic E-state index is -4.42. The number of unbranched alkanes of at least 4 members (excludes halogenated alkanes) is 46. The normalized spacial score (nSPS) is 12.9. The maximum Gasteiger partial charge on any atom is 0.472 e. The fraction of sp³-hybridized carbons (Fsp3) is 0.966. The van der Waals surface area contributed by atoms with Crippen LogP contribution >= 0.6 is 7.82 Å². The zero-order valence-electron chi connectivity index (χ0n) is 46.1. The van der Waals surface area contributed by atoms with Crippen molar-refractivity contribution in [3.05, 3.63) is 0 Å². The van der Waals surface area contributed by atoms with Crippen molar-refractivity contribution in [2.24, 2.45) is 0 Å². The number of aliphatic hydroxyl groups is 1. The number of carbonyl (C=O) groups excluding carboxylic acids is 2. The van der Waals surface area contributed by atoms with E-state index in [-0.39, 0.29) is 25.7 Å². The molecule has 0 aromatic carbocycles. The van der Waals surface area contributed by atoms with E-state index in [4.69, 9.17) is 13.8 Å². The summed E-state index contributed by atoms with van der Waals surface area (Å²) < 4.78 is 27.1. The maximum atomic E-state index is 12.2. The molecule has 0 aliphatic heterocycles. The van der Waals surface area contributed by atoms with Crippen LogP contribution in [0.3, 0.4) is 0 Å². The highest BCUT2D eigenvalue weighted by Crippen LogP contribution is 2.43. The number of rotatable bonds is 59. The Morgan fingerprint density at radius 2 is 0.652 bits per heavy atom. The predicted octanol–water partition coefficient (Wildman–Crippen LogP) is 18.7. The zero-order chi connectivity index (χ0) is 50.2. The van der Waals surface area contributed by atoms with Crippen LogP contribution in [-0.2, 0) is 27.9 Å². The van der Waals surface area contributed by atoms with Crippen molar-refractivity contribution in [3.8, 4) is 0 Å². The molecule has 10 heteroatoms. The van der Waals surface area contributed by atoms with Crippen LogP contribution in [0.1, 0.15) is 335 Å². The summed E-state index contributed by atoms with van der Waals surface area (Å²) in [5, 5.41) is 12.8. The van der Waals surface area contributed by atoms with E-state index in [0.717, 1.165) is 38.5 Å². The first-order chi connectivity index (χ1) is 33.8. The van der Waals surface area contributed by atoms with Gasteiger partial charge in [0.05, 0.1) is 13.2 Å². The molecule has 0 heterocycles. The molecule has 0 bridgehead atoms. The van der Waals surface area contributed by atoms with Gasteiger partial charge in [0, 0.05) is 19.4 Å². The van der Waals surface area contributed by atoms with E-state index in [9.17, 15) is 24.2 Å². The molecule has 0 saturated carbocycles. The number of phosphoric acid groups is 1. The van der Waals surface area contributed by atoms with Crippen molar-refractivity contribution >= 4 is 19.7 Å². The van der Waals surface area contributed by atoms with Gasteiger partial charge in [-0.2, -0.15) is 0 Å². The highest BCUT2D eigenvalue weighted by Gasteiger charge is 2.23. The van der Waals surface area contributed by atoms with Crippen molar-refractivity contribution < 1.29 is 37.9 Å². The second kappa shape index (κ2) is 56.3. The molecule has 412 valence electrons. The molecule has 0 aromatic heterocycles. The summed E-state index contributed by atoms with van der Waals surface area (Å²) >= 11 is 0. The van der Waals surface area contributed by atoms with Crippen molar-refractivity contribution in [2.75, 3.05) is 26.4 Å². The number of nitrogens with one attached hydrogen (secondary N) is 1. The van der Waals surface area contributed by atoms with Gasteiger partial charge in [0.25, 0.3) is 0 Å². The van der Waals surface area contributed by atoms with Crippen LogP contribution in [0, 0.1) is 0 Å². The second-order valence-corrected chi connectivity index (χ2v) is 22.5. The van der Waals surface area contributed by atoms with Gasteiger partial charge in [0.1, 0.15) is 12.7 Å². The van der Waals surface area contributed by atoms with Gasteiger partial charge < -0.3 is 20.1 Å². The Hall–Kier alpha value is -0.990. The van der Waals surface area contributed by atoms with E-state index >= 15 is 0 Å². The van der Waals surface area contributed by atoms with Crippen molar-refractivity contribution in [1.29, 1.82) is 0 Å². The lowest BCUT2D eigenvalue weighted by atomic mass is 10.0. The Morgan fingerprint density at radius 1 is 0.391 bits per heavy atom. The minimum Gasteiger partial charge on any atom is -0.463 e. The van der Waals surface area contributed by atoms with Gasteiger partial charge in [-0.3, -0.25) is 18.6 Å². The quantitative estimate of drug-likeness (QED) is 0.0312. The summed E-state index contributed by atoms with van der Waals surface area (Å²) in [6.45, 7) is 3.65. The van der Waals surface area contributed by atoms with E-state index in [1.54, 1.807) is 0 Å². The Kier molecular flexibility index (Phi) is 55.5. The fourth-order valence-electron chi connectivity index (χ4n) is 9.45. The summed E-state index contributed by atoms with van der Waals surface area (Å²) in [5.41, 5.74) is 0. The first kappa shape index (κ1) is 68.0. The number of hydrogen-bond acceptors (Lipinski definition) is 7. The van der Waals surface area contributed by atoms with Crippen LogP contribution in [0.25, 0.3) is 0 Å².